The predicted octanol–water partition coefficient (Wildman–Crippen LogP) is 3.95. The topological polar surface area (TPSA) is 107 Å². The Hall–Kier alpha value is -3.45. The van der Waals surface area contributed by atoms with Crippen molar-refractivity contribution in [2.75, 3.05) is 5.32 Å². The SMILES string of the molecule is Cc1[nH]ncc1-c1ccc(C2(C(=O)Nc3ccc(C(=O)NO)cc3)CCCC2)cc1. The Morgan fingerprint density at radius 3 is 2.27 bits per heavy atom. The van der Waals surface area contributed by atoms with Crippen LogP contribution in [0.2, 0.25) is 0 Å². The predicted molar refractivity (Wildman–Crippen MR) is 113 cm³/mol. The highest BCUT2D eigenvalue weighted by Gasteiger charge is 2.42. The highest BCUT2D eigenvalue weighted by atomic mass is 16.5. The molecule has 0 spiro atoms. The second kappa shape index (κ2) is 8.12. The molecule has 1 aliphatic carbocycles. The van der Waals surface area contributed by atoms with E-state index in [4.69, 9.17) is 5.21 Å². The van der Waals surface area contributed by atoms with Crippen LogP contribution < -0.4 is 10.8 Å². The molecule has 154 valence electrons. The van der Waals surface area contributed by atoms with E-state index in [-0.39, 0.29) is 5.91 Å². The number of aryl methyl sites for hydroxylation is 1. The lowest BCUT2D eigenvalue weighted by molar-refractivity contribution is -0.121. The van der Waals surface area contributed by atoms with E-state index in [1.54, 1.807) is 29.7 Å². The average molecular weight is 404 g/mol. The van der Waals surface area contributed by atoms with Crippen molar-refractivity contribution in [2.45, 2.75) is 38.0 Å². The number of H-pyrrole nitrogens is 1. The summed E-state index contributed by atoms with van der Waals surface area (Å²) >= 11 is 0. The van der Waals surface area contributed by atoms with Crippen LogP contribution in [0.1, 0.15) is 47.3 Å². The molecule has 4 rings (SSSR count). The van der Waals surface area contributed by atoms with Gasteiger partial charge in [0.15, 0.2) is 0 Å². The first-order valence-electron chi connectivity index (χ1n) is 10.0. The summed E-state index contributed by atoms with van der Waals surface area (Å²) in [5.74, 6) is -0.625. The van der Waals surface area contributed by atoms with Gasteiger partial charge in [-0.2, -0.15) is 5.10 Å². The first kappa shape index (κ1) is 19.8. The summed E-state index contributed by atoms with van der Waals surface area (Å²) in [6, 6.07) is 14.6. The van der Waals surface area contributed by atoms with E-state index in [9.17, 15) is 9.59 Å². The van der Waals surface area contributed by atoms with Crippen molar-refractivity contribution >= 4 is 17.5 Å². The van der Waals surface area contributed by atoms with Crippen molar-refractivity contribution in [1.82, 2.24) is 15.7 Å². The Bertz CT molecular complexity index is 1050. The zero-order chi connectivity index (χ0) is 21.1. The van der Waals surface area contributed by atoms with E-state index in [0.717, 1.165) is 48.1 Å². The van der Waals surface area contributed by atoms with Crippen LogP contribution >= 0.6 is 0 Å². The number of aromatic amines is 1. The molecular formula is C23H24N4O3. The summed E-state index contributed by atoms with van der Waals surface area (Å²) in [5, 5.41) is 18.8. The maximum absolute atomic E-state index is 13.3. The third-order valence-electron chi connectivity index (χ3n) is 5.98. The number of hydrogen-bond acceptors (Lipinski definition) is 4. The first-order valence-corrected chi connectivity index (χ1v) is 10.0. The van der Waals surface area contributed by atoms with Crippen LogP contribution in [0.25, 0.3) is 11.1 Å². The van der Waals surface area contributed by atoms with Crippen molar-refractivity contribution in [2.24, 2.45) is 0 Å². The molecule has 7 nitrogen and oxygen atoms in total. The number of rotatable bonds is 5. The summed E-state index contributed by atoms with van der Waals surface area (Å²) in [6.07, 6.45) is 5.42. The number of hydroxylamine groups is 1. The van der Waals surface area contributed by atoms with E-state index in [1.165, 1.54) is 0 Å². The highest BCUT2D eigenvalue weighted by molar-refractivity contribution is 6.00. The van der Waals surface area contributed by atoms with Gasteiger partial charge in [0.2, 0.25) is 5.91 Å². The van der Waals surface area contributed by atoms with E-state index in [0.29, 0.717) is 11.3 Å². The Balaban J connectivity index is 1.57. The summed E-state index contributed by atoms with van der Waals surface area (Å²) in [5.41, 5.74) is 6.11. The number of amides is 2. The highest BCUT2D eigenvalue weighted by Crippen LogP contribution is 2.42. The van der Waals surface area contributed by atoms with Crippen molar-refractivity contribution < 1.29 is 14.8 Å². The number of benzene rings is 2. The molecule has 1 heterocycles. The Morgan fingerprint density at radius 2 is 1.70 bits per heavy atom. The van der Waals surface area contributed by atoms with Crippen LogP contribution in [0.4, 0.5) is 5.69 Å². The molecule has 0 saturated heterocycles. The van der Waals surface area contributed by atoms with Gasteiger partial charge in [-0.3, -0.25) is 19.9 Å². The molecule has 1 aliphatic rings. The minimum Gasteiger partial charge on any atom is -0.325 e. The van der Waals surface area contributed by atoms with Crippen LogP contribution in [0.3, 0.4) is 0 Å². The summed E-state index contributed by atoms with van der Waals surface area (Å²) in [6.45, 7) is 1.98. The standard InChI is InChI=1S/C23H24N4O3/c1-15-20(14-24-26-15)16-4-8-18(9-5-16)23(12-2-3-13-23)22(29)25-19-10-6-17(7-11-19)21(28)27-30/h4-11,14,30H,2-3,12-13H2,1H3,(H,24,26)(H,25,29)(H,27,28). The second-order valence-electron chi connectivity index (χ2n) is 7.75. The van der Waals surface area contributed by atoms with E-state index in [2.05, 4.69) is 15.5 Å². The van der Waals surface area contributed by atoms with Gasteiger partial charge in [0.05, 0.1) is 11.6 Å². The van der Waals surface area contributed by atoms with Gasteiger partial charge in [0.25, 0.3) is 5.91 Å². The molecule has 0 unspecified atom stereocenters. The van der Waals surface area contributed by atoms with Crippen molar-refractivity contribution in [3.05, 3.63) is 71.5 Å². The molecule has 4 N–H and O–H groups in total. The maximum Gasteiger partial charge on any atom is 0.274 e. The van der Waals surface area contributed by atoms with Crippen molar-refractivity contribution in [3.63, 3.8) is 0 Å². The molecule has 0 radical (unpaired) electrons. The van der Waals surface area contributed by atoms with Crippen LogP contribution in [-0.4, -0.2) is 27.2 Å². The second-order valence-corrected chi connectivity index (χ2v) is 7.75. The lowest BCUT2D eigenvalue weighted by Crippen LogP contribution is -2.38. The molecule has 2 aromatic carbocycles. The molecule has 1 aromatic heterocycles. The van der Waals surface area contributed by atoms with Crippen LogP contribution in [0, 0.1) is 6.92 Å². The van der Waals surface area contributed by atoms with Crippen LogP contribution in [0.15, 0.2) is 54.7 Å². The average Bonchev–Trinajstić information content (AvgIpc) is 3.44. The van der Waals surface area contributed by atoms with Gasteiger partial charge in [-0.1, -0.05) is 37.1 Å². The third kappa shape index (κ3) is 3.59. The smallest absolute Gasteiger partial charge is 0.274 e. The number of nitrogens with one attached hydrogen (secondary N) is 3. The minimum atomic E-state index is -0.590. The normalized spacial score (nSPS) is 15.0. The fourth-order valence-electron chi connectivity index (χ4n) is 4.26. The number of carbonyl (C=O) groups is 2. The molecule has 0 aliphatic heterocycles. The summed E-state index contributed by atoms with van der Waals surface area (Å²) in [4.78, 5) is 24.8. The first-order chi connectivity index (χ1) is 14.5. The lowest BCUT2D eigenvalue weighted by Gasteiger charge is -2.28. The summed E-state index contributed by atoms with van der Waals surface area (Å²) in [7, 11) is 0. The molecular weight excluding hydrogens is 380 g/mol. The minimum absolute atomic E-state index is 0.0356. The van der Waals surface area contributed by atoms with Crippen LogP contribution in [0.5, 0.6) is 0 Å². The van der Waals surface area contributed by atoms with E-state index in [1.807, 2.05) is 37.4 Å². The van der Waals surface area contributed by atoms with Crippen LogP contribution in [-0.2, 0) is 10.2 Å². The number of anilines is 1. The quantitative estimate of drug-likeness (QED) is 0.381. The molecule has 0 atom stereocenters. The molecule has 3 aromatic rings. The molecule has 1 fully saturated rings. The maximum atomic E-state index is 13.3. The molecule has 7 heteroatoms. The number of hydrogen-bond donors (Lipinski definition) is 4. The van der Waals surface area contributed by atoms with Gasteiger partial charge >= 0.3 is 0 Å². The molecule has 30 heavy (non-hydrogen) atoms. The fraction of sp³-hybridized carbons (Fsp3) is 0.261. The van der Waals surface area contributed by atoms with E-state index < -0.39 is 11.3 Å². The fourth-order valence-corrected chi connectivity index (χ4v) is 4.26. The Kier molecular flexibility index (Phi) is 5.37. The van der Waals surface area contributed by atoms with Gasteiger partial charge < -0.3 is 5.32 Å². The number of aromatic nitrogens is 2. The molecule has 2 amide bonds. The Morgan fingerprint density at radius 1 is 1.03 bits per heavy atom. The molecule has 1 saturated carbocycles. The zero-order valence-corrected chi connectivity index (χ0v) is 16.7. The third-order valence-corrected chi connectivity index (χ3v) is 5.98. The van der Waals surface area contributed by atoms with Gasteiger partial charge in [0, 0.05) is 22.5 Å². The van der Waals surface area contributed by atoms with Gasteiger partial charge in [0.1, 0.15) is 0 Å². The number of carbonyl (C=O) groups excluding carboxylic acids is 2. The zero-order valence-electron chi connectivity index (χ0n) is 16.7. The van der Waals surface area contributed by atoms with Crippen molar-refractivity contribution in [3.8, 4) is 11.1 Å². The van der Waals surface area contributed by atoms with Gasteiger partial charge in [-0.15, -0.1) is 0 Å². The van der Waals surface area contributed by atoms with Crippen molar-refractivity contribution in [1.29, 1.82) is 0 Å². The van der Waals surface area contributed by atoms with Gasteiger partial charge in [-0.05, 0) is 55.2 Å². The number of nitrogens with zero attached hydrogens (tertiary/aromatic N) is 1. The van der Waals surface area contributed by atoms with E-state index >= 15 is 0 Å². The largest absolute Gasteiger partial charge is 0.325 e. The van der Waals surface area contributed by atoms with Gasteiger partial charge in [-0.25, -0.2) is 5.48 Å². The Labute approximate surface area is 174 Å². The monoisotopic (exact) mass is 404 g/mol. The lowest BCUT2D eigenvalue weighted by atomic mass is 9.77. The summed E-state index contributed by atoms with van der Waals surface area (Å²) < 4.78 is 0. The molecule has 0 bridgehead atoms.